The Hall–Kier alpha value is -2.62. The summed E-state index contributed by atoms with van der Waals surface area (Å²) in [6.07, 6.45) is 2.60. The van der Waals surface area contributed by atoms with Gasteiger partial charge in [-0.25, -0.2) is 9.97 Å². The standard InChI is InChI=1S/C17H22ClN7O2.ClH/c18-13-15(20)24-14(19)12(23-13)16(27)25-17(21)22-8-2-1-3-10-4-6-11(9-26)7-5-10;/h4-7,26H,1-3,8-9H2,(H4,19,20,24)(H3,21,22,25,27);1H. The molecule has 1 heterocycles. The van der Waals surface area contributed by atoms with Gasteiger partial charge >= 0.3 is 0 Å². The number of amides is 1. The van der Waals surface area contributed by atoms with Gasteiger partial charge in [-0.3, -0.25) is 15.1 Å². The topological polar surface area (TPSA) is 166 Å². The fourth-order valence-corrected chi connectivity index (χ4v) is 2.40. The predicted molar refractivity (Wildman–Crippen MR) is 112 cm³/mol. The molecule has 0 saturated carbocycles. The molecule has 8 N–H and O–H groups in total. The summed E-state index contributed by atoms with van der Waals surface area (Å²) >= 11 is 5.74. The van der Waals surface area contributed by atoms with Crippen molar-refractivity contribution in [1.82, 2.24) is 15.3 Å². The number of nitrogens with two attached hydrogens (primary N) is 3. The van der Waals surface area contributed by atoms with Crippen LogP contribution >= 0.6 is 24.0 Å². The Labute approximate surface area is 173 Å². The molecule has 0 fully saturated rings. The van der Waals surface area contributed by atoms with Gasteiger partial charge in [-0.2, -0.15) is 0 Å². The average Bonchev–Trinajstić information content (AvgIpc) is 2.64. The molecule has 0 aliphatic heterocycles. The van der Waals surface area contributed by atoms with Crippen molar-refractivity contribution in [3.63, 3.8) is 0 Å². The van der Waals surface area contributed by atoms with Gasteiger partial charge in [0, 0.05) is 6.54 Å². The second kappa shape index (κ2) is 11.3. The van der Waals surface area contributed by atoms with E-state index in [1.54, 1.807) is 0 Å². The van der Waals surface area contributed by atoms with Gasteiger partial charge in [-0.1, -0.05) is 35.9 Å². The Morgan fingerprint density at radius 2 is 1.75 bits per heavy atom. The number of hydrogen-bond donors (Lipinski definition) is 5. The fraction of sp³-hybridized carbons (Fsp3) is 0.294. The van der Waals surface area contributed by atoms with Crippen LogP contribution in [0, 0.1) is 0 Å². The van der Waals surface area contributed by atoms with Crippen molar-refractivity contribution < 1.29 is 9.90 Å². The lowest BCUT2D eigenvalue weighted by Crippen LogP contribution is -2.38. The minimum absolute atomic E-state index is 0. The maximum atomic E-state index is 12.1. The van der Waals surface area contributed by atoms with E-state index < -0.39 is 5.91 Å². The quantitative estimate of drug-likeness (QED) is 0.252. The Balaban J connectivity index is 0.00000392. The molecule has 152 valence electrons. The average molecular weight is 428 g/mol. The van der Waals surface area contributed by atoms with E-state index in [0.717, 1.165) is 24.8 Å². The number of carbonyl (C=O) groups excluding carboxylic acids is 1. The number of nitrogens with one attached hydrogen (secondary N) is 1. The molecule has 0 radical (unpaired) electrons. The summed E-state index contributed by atoms with van der Waals surface area (Å²) in [6, 6.07) is 7.79. The zero-order chi connectivity index (χ0) is 19.8. The Bertz CT molecular complexity index is 829. The van der Waals surface area contributed by atoms with E-state index in [-0.39, 0.29) is 47.5 Å². The van der Waals surface area contributed by atoms with Crippen LogP contribution in [0.5, 0.6) is 0 Å². The van der Waals surface area contributed by atoms with Crippen LogP contribution in [0.3, 0.4) is 0 Å². The number of carbonyl (C=O) groups is 1. The normalized spacial score (nSPS) is 11.0. The van der Waals surface area contributed by atoms with E-state index in [4.69, 9.17) is 33.9 Å². The van der Waals surface area contributed by atoms with E-state index in [0.29, 0.717) is 6.54 Å². The molecule has 0 aliphatic rings. The lowest BCUT2D eigenvalue weighted by molar-refractivity contribution is 0.0972. The zero-order valence-electron chi connectivity index (χ0n) is 15.1. The number of hydrogen-bond acceptors (Lipinski definition) is 7. The number of unbranched alkanes of at least 4 members (excludes halogenated alkanes) is 1. The number of benzene rings is 1. The van der Waals surface area contributed by atoms with Crippen LogP contribution in [0.25, 0.3) is 0 Å². The maximum absolute atomic E-state index is 12.1. The zero-order valence-corrected chi connectivity index (χ0v) is 16.6. The molecule has 0 bridgehead atoms. The van der Waals surface area contributed by atoms with E-state index in [9.17, 15) is 4.79 Å². The van der Waals surface area contributed by atoms with Gasteiger partial charge in [0.1, 0.15) is 0 Å². The fourth-order valence-electron chi connectivity index (χ4n) is 2.28. The van der Waals surface area contributed by atoms with Crippen LogP contribution in [0.15, 0.2) is 29.3 Å². The summed E-state index contributed by atoms with van der Waals surface area (Å²) in [4.78, 5) is 23.7. The van der Waals surface area contributed by atoms with Crippen molar-refractivity contribution in [3.8, 4) is 0 Å². The van der Waals surface area contributed by atoms with Crippen molar-refractivity contribution in [1.29, 1.82) is 0 Å². The van der Waals surface area contributed by atoms with Gasteiger partial charge in [0.15, 0.2) is 28.4 Å². The van der Waals surface area contributed by atoms with Crippen LogP contribution in [0.2, 0.25) is 5.15 Å². The number of halogens is 2. The monoisotopic (exact) mass is 427 g/mol. The number of aliphatic hydroxyl groups is 1. The molecule has 0 saturated heterocycles. The third kappa shape index (κ3) is 6.84. The highest BCUT2D eigenvalue weighted by Gasteiger charge is 2.16. The first kappa shape index (κ1) is 23.4. The van der Waals surface area contributed by atoms with Crippen molar-refractivity contribution in [2.45, 2.75) is 25.9 Å². The van der Waals surface area contributed by atoms with Gasteiger partial charge in [0.25, 0.3) is 5.91 Å². The van der Waals surface area contributed by atoms with Crippen LogP contribution in [0.4, 0.5) is 11.6 Å². The van der Waals surface area contributed by atoms with Gasteiger partial charge in [0.2, 0.25) is 0 Å². The first-order valence-corrected chi connectivity index (χ1v) is 8.67. The lowest BCUT2D eigenvalue weighted by Gasteiger charge is -2.07. The number of aryl methyl sites for hydroxylation is 1. The minimum atomic E-state index is -0.660. The molecule has 2 rings (SSSR count). The van der Waals surface area contributed by atoms with Crippen LogP contribution in [-0.2, 0) is 13.0 Å². The summed E-state index contributed by atoms with van der Waals surface area (Å²) in [7, 11) is 0. The molecule has 0 unspecified atom stereocenters. The number of rotatable bonds is 7. The minimum Gasteiger partial charge on any atom is -0.392 e. The molecule has 0 aliphatic carbocycles. The van der Waals surface area contributed by atoms with Crippen molar-refractivity contribution in [3.05, 3.63) is 46.2 Å². The first-order valence-electron chi connectivity index (χ1n) is 8.29. The molecule has 1 aromatic heterocycles. The van der Waals surface area contributed by atoms with Gasteiger partial charge in [-0.05, 0) is 30.4 Å². The summed E-state index contributed by atoms with van der Waals surface area (Å²) in [5.74, 6) is -0.902. The van der Waals surface area contributed by atoms with Gasteiger partial charge in [0.05, 0.1) is 6.61 Å². The Kier molecular flexibility index (Phi) is 9.43. The molecule has 11 heteroatoms. The van der Waals surface area contributed by atoms with Crippen LogP contribution in [-0.4, -0.2) is 33.5 Å². The third-order valence-electron chi connectivity index (χ3n) is 3.72. The SMILES string of the molecule is Cl.NC(=NCCCCc1ccc(CO)cc1)NC(=O)c1nc(Cl)c(N)nc1N. The molecule has 1 aromatic carbocycles. The van der Waals surface area contributed by atoms with E-state index in [1.807, 2.05) is 24.3 Å². The molecular formula is C17H23Cl2N7O2. The predicted octanol–water partition coefficient (Wildman–Crippen LogP) is 1.28. The van der Waals surface area contributed by atoms with Crippen LogP contribution in [0.1, 0.15) is 34.5 Å². The molecule has 0 spiro atoms. The molecular weight excluding hydrogens is 405 g/mol. The molecule has 9 nitrogen and oxygen atoms in total. The van der Waals surface area contributed by atoms with Crippen molar-refractivity contribution in [2.75, 3.05) is 18.0 Å². The maximum Gasteiger partial charge on any atom is 0.280 e. The largest absolute Gasteiger partial charge is 0.392 e. The summed E-state index contributed by atoms with van der Waals surface area (Å²) < 4.78 is 0. The summed E-state index contributed by atoms with van der Waals surface area (Å²) in [6.45, 7) is 0.504. The highest BCUT2D eigenvalue weighted by Crippen LogP contribution is 2.17. The molecule has 2 aromatic rings. The van der Waals surface area contributed by atoms with E-state index in [2.05, 4.69) is 20.3 Å². The Morgan fingerprint density at radius 1 is 1.11 bits per heavy atom. The highest BCUT2D eigenvalue weighted by molar-refractivity contribution is 6.31. The van der Waals surface area contributed by atoms with E-state index >= 15 is 0 Å². The summed E-state index contributed by atoms with van der Waals surface area (Å²) in [5, 5.41) is 11.3. The van der Waals surface area contributed by atoms with E-state index in [1.165, 1.54) is 5.56 Å². The number of nitrogen functional groups attached to an aromatic ring is 2. The number of aromatic nitrogens is 2. The second-order valence-electron chi connectivity index (χ2n) is 5.79. The number of aliphatic hydroxyl groups excluding tert-OH is 1. The lowest BCUT2D eigenvalue weighted by atomic mass is 10.1. The van der Waals surface area contributed by atoms with Gasteiger partial charge < -0.3 is 22.3 Å². The Morgan fingerprint density at radius 3 is 2.39 bits per heavy atom. The molecule has 0 atom stereocenters. The number of guanidine groups is 1. The van der Waals surface area contributed by atoms with Gasteiger partial charge in [-0.15, -0.1) is 12.4 Å². The smallest absolute Gasteiger partial charge is 0.280 e. The van der Waals surface area contributed by atoms with Crippen molar-refractivity contribution in [2.24, 2.45) is 10.7 Å². The highest BCUT2D eigenvalue weighted by atomic mass is 35.5. The summed E-state index contributed by atoms with van der Waals surface area (Å²) in [5.41, 5.74) is 18.7. The number of anilines is 2. The molecule has 1 amide bonds. The van der Waals surface area contributed by atoms with Crippen LogP contribution < -0.4 is 22.5 Å². The number of aliphatic imine (C=N–C) groups is 1. The first-order chi connectivity index (χ1) is 12.9. The third-order valence-corrected chi connectivity index (χ3v) is 4.00. The number of nitrogens with zero attached hydrogens (tertiary/aromatic N) is 3. The second-order valence-corrected chi connectivity index (χ2v) is 6.14. The molecule has 28 heavy (non-hydrogen) atoms. The van der Waals surface area contributed by atoms with Crippen molar-refractivity contribution >= 4 is 47.5 Å².